The smallest absolute Gasteiger partial charge is 0.339 e. The molecular formula is C13H14N2O2. The van der Waals surface area contributed by atoms with Crippen LogP contribution in [0.15, 0.2) is 18.2 Å². The minimum atomic E-state index is -1.03. The zero-order valence-corrected chi connectivity index (χ0v) is 9.82. The maximum Gasteiger partial charge on any atom is 0.339 e. The summed E-state index contributed by atoms with van der Waals surface area (Å²) < 4.78 is 0. The molecule has 1 heterocycles. The Labute approximate surface area is 99.1 Å². The van der Waals surface area contributed by atoms with Gasteiger partial charge < -0.3 is 10.8 Å². The van der Waals surface area contributed by atoms with Crippen molar-refractivity contribution in [3.63, 3.8) is 0 Å². The number of aryl methyl sites for hydroxylation is 2. The minimum Gasteiger partial charge on any atom is -0.478 e. The molecule has 0 amide bonds. The topological polar surface area (TPSA) is 76.2 Å². The zero-order chi connectivity index (χ0) is 12.6. The van der Waals surface area contributed by atoms with E-state index < -0.39 is 5.97 Å². The van der Waals surface area contributed by atoms with Crippen LogP contribution in [0, 0.1) is 6.92 Å². The number of nitrogens with zero attached hydrogens (tertiary/aromatic N) is 1. The summed E-state index contributed by atoms with van der Waals surface area (Å²) in [4.78, 5) is 15.4. The van der Waals surface area contributed by atoms with Crippen molar-refractivity contribution in [2.45, 2.75) is 20.3 Å². The third kappa shape index (κ3) is 1.82. The Balaban J connectivity index is 2.83. The van der Waals surface area contributed by atoms with Crippen LogP contribution in [0.25, 0.3) is 10.9 Å². The second-order valence-electron chi connectivity index (χ2n) is 4.00. The van der Waals surface area contributed by atoms with Crippen molar-refractivity contribution < 1.29 is 9.90 Å². The van der Waals surface area contributed by atoms with Crippen LogP contribution < -0.4 is 5.73 Å². The molecule has 2 aromatic rings. The Morgan fingerprint density at radius 2 is 2.18 bits per heavy atom. The molecule has 1 aromatic heterocycles. The monoisotopic (exact) mass is 230 g/mol. The van der Waals surface area contributed by atoms with Crippen LogP contribution in [0.1, 0.15) is 28.5 Å². The van der Waals surface area contributed by atoms with Crippen molar-refractivity contribution in [2.75, 3.05) is 5.73 Å². The number of carboxylic acid groups (broad SMARTS) is 1. The highest BCUT2D eigenvalue weighted by Crippen LogP contribution is 2.26. The van der Waals surface area contributed by atoms with Gasteiger partial charge in [0.15, 0.2) is 0 Å². The van der Waals surface area contributed by atoms with Gasteiger partial charge in [0.25, 0.3) is 0 Å². The lowest BCUT2D eigenvalue weighted by molar-refractivity contribution is 0.0697. The van der Waals surface area contributed by atoms with Gasteiger partial charge in [-0.1, -0.05) is 13.0 Å². The Bertz CT molecular complexity index is 606. The van der Waals surface area contributed by atoms with E-state index in [1.54, 1.807) is 6.92 Å². The lowest BCUT2D eigenvalue weighted by atomic mass is 10.0. The molecule has 0 spiro atoms. The summed E-state index contributed by atoms with van der Waals surface area (Å²) in [5, 5.41) is 9.83. The fraction of sp³-hybridized carbons (Fsp3) is 0.231. The summed E-state index contributed by atoms with van der Waals surface area (Å²) in [6, 6.07) is 5.77. The molecule has 3 N–H and O–H groups in total. The number of hydrogen-bond acceptors (Lipinski definition) is 3. The molecule has 0 aliphatic carbocycles. The van der Waals surface area contributed by atoms with Gasteiger partial charge in [-0.3, -0.25) is 4.98 Å². The van der Waals surface area contributed by atoms with Crippen molar-refractivity contribution in [1.82, 2.24) is 4.98 Å². The van der Waals surface area contributed by atoms with Gasteiger partial charge in [-0.05, 0) is 31.0 Å². The van der Waals surface area contributed by atoms with E-state index in [4.69, 9.17) is 10.8 Å². The van der Waals surface area contributed by atoms with Crippen LogP contribution in [-0.4, -0.2) is 16.1 Å². The standard InChI is InChI=1S/C13H14N2O2/c1-3-8-4-5-10-9(6-8)12(14)11(13(16)17)7(2)15-10/h4-6H,3H2,1-2H3,(H2,14,15)(H,16,17). The molecule has 0 aliphatic rings. The van der Waals surface area contributed by atoms with E-state index >= 15 is 0 Å². The van der Waals surface area contributed by atoms with E-state index in [1.165, 1.54) is 0 Å². The molecule has 0 unspecified atom stereocenters. The lowest BCUT2D eigenvalue weighted by Gasteiger charge is -2.09. The van der Waals surface area contributed by atoms with Gasteiger partial charge in [-0.25, -0.2) is 4.79 Å². The molecule has 0 saturated heterocycles. The van der Waals surface area contributed by atoms with Gasteiger partial charge in [-0.2, -0.15) is 0 Å². The highest BCUT2D eigenvalue weighted by Gasteiger charge is 2.16. The number of anilines is 1. The van der Waals surface area contributed by atoms with Gasteiger partial charge in [0, 0.05) is 5.39 Å². The summed E-state index contributed by atoms with van der Waals surface area (Å²) in [5.41, 5.74) is 8.63. The molecule has 0 bridgehead atoms. The first kappa shape index (κ1) is 11.4. The number of nitrogen functional groups attached to an aromatic ring is 1. The van der Waals surface area contributed by atoms with Crippen molar-refractivity contribution >= 4 is 22.6 Å². The van der Waals surface area contributed by atoms with Gasteiger partial charge in [0.05, 0.1) is 16.9 Å². The molecule has 1 aromatic carbocycles. The number of rotatable bonds is 2. The number of aromatic nitrogens is 1. The Morgan fingerprint density at radius 1 is 1.47 bits per heavy atom. The molecule has 0 aliphatic heterocycles. The van der Waals surface area contributed by atoms with Crippen LogP contribution in [0.4, 0.5) is 5.69 Å². The Kier molecular flexibility index (Phi) is 2.71. The molecule has 0 radical (unpaired) electrons. The van der Waals surface area contributed by atoms with Crippen LogP contribution >= 0.6 is 0 Å². The summed E-state index contributed by atoms with van der Waals surface area (Å²) in [6.45, 7) is 3.70. The van der Waals surface area contributed by atoms with E-state index in [2.05, 4.69) is 4.98 Å². The van der Waals surface area contributed by atoms with Crippen molar-refractivity contribution in [3.8, 4) is 0 Å². The minimum absolute atomic E-state index is 0.103. The molecule has 17 heavy (non-hydrogen) atoms. The van der Waals surface area contributed by atoms with Crippen LogP contribution in [0.2, 0.25) is 0 Å². The van der Waals surface area contributed by atoms with Crippen LogP contribution in [0.5, 0.6) is 0 Å². The number of carboxylic acids is 1. The van der Waals surface area contributed by atoms with Gasteiger partial charge in [-0.15, -0.1) is 0 Å². The van der Waals surface area contributed by atoms with Crippen LogP contribution in [-0.2, 0) is 6.42 Å². The van der Waals surface area contributed by atoms with Gasteiger partial charge in [0.1, 0.15) is 5.56 Å². The molecule has 88 valence electrons. The fourth-order valence-electron chi connectivity index (χ4n) is 1.95. The van der Waals surface area contributed by atoms with E-state index in [0.717, 1.165) is 17.5 Å². The second-order valence-corrected chi connectivity index (χ2v) is 4.00. The number of carbonyl (C=O) groups is 1. The van der Waals surface area contributed by atoms with Crippen molar-refractivity contribution in [1.29, 1.82) is 0 Å². The maximum absolute atomic E-state index is 11.1. The predicted octanol–water partition coefficient (Wildman–Crippen LogP) is 2.39. The number of fused-ring (bicyclic) bond motifs is 1. The second kappa shape index (κ2) is 4.05. The molecular weight excluding hydrogens is 216 g/mol. The molecule has 0 atom stereocenters. The van der Waals surface area contributed by atoms with E-state index in [0.29, 0.717) is 16.8 Å². The van der Waals surface area contributed by atoms with Gasteiger partial charge >= 0.3 is 5.97 Å². The Morgan fingerprint density at radius 3 is 2.76 bits per heavy atom. The SMILES string of the molecule is CCc1ccc2nc(C)c(C(=O)O)c(N)c2c1. The molecule has 0 fully saturated rings. The normalized spacial score (nSPS) is 10.7. The number of hydrogen-bond donors (Lipinski definition) is 2. The van der Waals surface area contributed by atoms with E-state index in [1.807, 2.05) is 25.1 Å². The molecule has 0 saturated carbocycles. The number of aromatic carboxylic acids is 1. The third-order valence-electron chi connectivity index (χ3n) is 2.89. The zero-order valence-electron chi connectivity index (χ0n) is 9.82. The summed E-state index contributed by atoms with van der Waals surface area (Å²) >= 11 is 0. The van der Waals surface area contributed by atoms with Crippen molar-refractivity contribution in [3.05, 3.63) is 35.0 Å². The first-order valence-electron chi connectivity index (χ1n) is 5.46. The number of pyridine rings is 1. The molecule has 4 nitrogen and oxygen atoms in total. The maximum atomic E-state index is 11.1. The highest BCUT2D eigenvalue weighted by atomic mass is 16.4. The van der Waals surface area contributed by atoms with Crippen LogP contribution in [0.3, 0.4) is 0 Å². The number of benzene rings is 1. The molecule has 2 rings (SSSR count). The summed E-state index contributed by atoms with van der Waals surface area (Å²) in [6.07, 6.45) is 0.881. The quantitative estimate of drug-likeness (QED) is 0.830. The first-order chi connectivity index (χ1) is 8.04. The average molecular weight is 230 g/mol. The van der Waals surface area contributed by atoms with E-state index in [-0.39, 0.29) is 5.56 Å². The average Bonchev–Trinajstić information content (AvgIpc) is 2.28. The summed E-state index contributed by atoms with van der Waals surface area (Å²) in [7, 11) is 0. The largest absolute Gasteiger partial charge is 0.478 e. The third-order valence-corrected chi connectivity index (χ3v) is 2.89. The first-order valence-corrected chi connectivity index (χ1v) is 5.46. The molecule has 4 heteroatoms. The van der Waals surface area contributed by atoms with Gasteiger partial charge in [0.2, 0.25) is 0 Å². The highest BCUT2D eigenvalue weighted by molar-refractivity contribution is 6.04. The van der Waals surface area contributed by atoms with Crippen molar-refractivity contribution in [2.24, 2.45) is 0 Å². The predicted molar refractivity (Wildman–Crippen MR) is 67.2 cm³/mol. The number of nitrogens with two attached hydrogens (primary N) is 1. The Hall–Kier alpha value is -2.10. The fourth-order valence-corrected chi connectivity index (χ4v) is 1.95. The van der Waals surface area contributed by atoms with E-state index in [9.17, 15) is 4.79 Å². The summed E-state index contributed by atoms with van der Waals surface area (Å²) in [5.74, 6) is -1.03. The lowest BCUT2D eigenvalue weighted by Crippen LogP contribution is -2.07.